The molecular formula is C17H13ClN4. The predicted octanol–water partition coefficient (Wildman–Crippen LogP) is 3.58. The Hall–Kier alpha value is -2.46. The van der Waals surface area contributed by atoms with Gasteiger partial charge >= 0.3 is 0 Å². The van der Waals surface area contributed by atoms with Crippen LogP contribution in [-0.4, -0.2) is 20.5 Å². The summed E-state index contributed by atoms with van der Waals surface area (Å²) in [4.78, 5) is 4.38. The third-order valence-corrected chi connectivity index (χ3v) is 3.83. The minimum Gasteiger partial charge on any atom is -0.281 e. The second-order valence-corrected chi connectivity index (χ2v) is 5.44. The number of benzene rings is 2. The molecule has 0 saturated heterocycles. The summed E-state index contributed by atoms with van der Waals surface area (Å²) in [7, 11) is 0. The Kier molecular flexibility index (Phi) is 2.57. The SMILES string of the molecule is [2H]C1([2H])N=C(c2ccccc2)c2cc(Cl)ccc2-n2c(C)nnc21. The van der Waals surface area contributed by atoms with Gasteiger partial charge in [0.05, 0.1) is 14.1 Å². The van der Waals surface area contributed by atoms with E-state index in [0.29, 0.717) is 16.6 Å². The van der Waals surface area contributed by atoms with E-state index in [1.54, 1.807) is 23.6 Å². The van der Waals surface area contributed by atoms with Gasteiger partial charge in [-0.05, 0) is 25.1 Å². The highest BCUT2D eigenvalue weighted by Crippen LogP contribution is 2.27. The number of aromatic nitrogens is 3. The summed E-state index contributed by atoms with van der Waals surface area (Å²) in [6, 6.07) is 14.9. The standard InChI is InChI=1S/C17H13ClN4/c1-11-20-21-16-10-19-17(12-5-3-2-4-6-12)14-9-13(18)7-8-15(14)22(11)16/h2-9H,10H2,1H3/i10D2. The highest BCUT2D eigenvalue weighted by atomic mass is 35.5. The Balaban J connectivity index is 2.10. The van der Waals surface area contributed by atoms with Crippen molar-refractivity contribution in [3.8, 4) is 5.69 Å². The largest absolute Gasteiger partial charge is 0.281 e. The summed E-state index contributed by atoms with van der Waals surface area (Å²) < 4.78 is 18.5. The van der Waals surface area contributed by atoms with Gasteiger partial charge in [-0.1, -0.05) is 41.9 Å². The van der Waals surface area contributed by atoms with Crippen molar-refractivity contribution in [2.75, 3.05) is 0 Å². The van der Waals surface area contributed by atoms with Crippen LogP contribution in [-0.2, 0) is 6.50 Å². The van der Waals surface area contributed by atoms with Gasteiger partial charge in [-0.3, -0.25) is 9.56 Å². The van der Waals surface area contributed by atoms with Gasteiger partial charge in [-0.15, -0.1) is 10.2 Å². The molecule has 1 aliphatic heterocycles. The molecule has 0 unspecified atom stereocenters. The molecular weight excluding hydrogens is 296 g/mol. The summed E-state index contributed by atoms with van der Waals surface area (Å²) in [5.74, 6) is 0.761. The lowest BCUT2D eigenvalue weighted by atomic mass is 10.0. The van der Waals surface area contributed by atoms with Crippen LogP contribution in [0, 0.1) is 6.92 Å². The van der Waals surface area contributed by atoms with E-state index >= 15 is 0 Å². The summed E-state index contributed by atoms with van der Waals surface area (Å²) in [5, 5.41) is 8.60. The van der Waals surface area contributed by atoms with E-state index < -0.39 is 6.50 Å². The average Bonchev–Trinajstić information content (AvgIpc) is 2.92. The molecule has 0 N–H and O–H groups in total. The summed E-state index contributed by atoms with van der Waals surface area (Å²) in [5.41, 5.74) is 2.88. The van der Waals surface area contributed by atoms with Gasteiger partial charge in [0.2, 0.25) is 0 Å². The van der Waals surface area contributed by atoms with Crippen LogP contribution in [0.2, 0.25) is 5.02 Å². The Morgan fingerprint density at radius 3 is 2.77 bits per heavy atom. The summed E-state index contributed by atoms with van der Waals surface area (Å²) in [6.45, 7) is -0.212. The van der Waals surface area contributed by atoms with Crippen molar-refractivity contribution < 1.29 is 2.74 Å². The van der Waals surface area contributed by atoms with Crippen molar-refractivity contribution in [2.24, 2.45) is 4.99 Å². The number of aliphatic imine (C=N–C) groups is 1. The van der Waals surface area contributed by atoms with E-state index in [2.05, 4.69) is 15.2 Å². The number of halogens is 1. The molecule has 0 radical (unpaired) electrons. The van der Waals surface area contributed by atoms with Crippen molar-refractivity contribution >= 4 is 17.3 Å². The van der Waals surface area contributed by atoms with Crippen LogP contribution in [0.5, 0.6) is 0 Å². The van der Waals surface area contributed by atoms with Crippen LogP contribution in [0.4, 0.5) is 0 Å². The number of aryl methyl sites for hydroxylation is 1. The van der Waals surface area contributed by atoms with Crippen LogP contribution < -0.4 is 0 Å². The maximum Gasteiger partial charge on any atom is 0.159 e. The molecule has 0 aliphatic carbocycles. The zero-order valence-corrected chi connectivity index (χ0v) is 12.5. The molecule has 108 valence electrons. The fourth-order valence-electron chi connectivity index (χ4n) is 2.60. The minimum atomic E-state index is -2.00. The first-order valence-electron chi connectivity index (χ1n) is 7.85. The molecule has 3 aromatic rings. The highest BCUT2D eigenvalue weighted by Gasteiger charge is 2.21. The van der Waals surface area contributed by atoms with Crippen molar-refractivity contribution in [1.82, 2.24) is 14.8 Å². The van der Waals surface area contributed by atoms with E-state index in [4.69, 9.17) is 14.3 Å². The molecule has 2 aromatic carbocycles. The van der Waals surface area contributed by atoms with Crippen molar-refractivity contribution in [2.45, 2.75) is 13.4 Å². The van der Waals surface area contributed by atoms with Gasteiger partial charge in [-0.25, -0.2) is 0 Å². The summed E-state index contributed by atoms with van der Waals surface area (Å²) in [6.07, 6.45) is 0. The molecule has 0 bridgehead atoms. The molecule has 4 nitrogen and oxygen atoms in total. The fraction of sp³-hybridized carbons (Fsp3) is 0.118. The molecule has 0 amide bonds. The maximum atomic E-state index is 8.39. The second-order valence-electron chi connectivity index (χ2n) is 5.01. The third-order valence-electron chi connectivity index (χ3n) is 3.59. The Labute approximate surface area is 135 Å². The fourth-order valence-corrected chi connectivity index (χ4v) is 2.77. The molecule has 22 heavy (non-hydrogen) atoms. The van der Waals surface area contributed by atoms with Crippen LogP contribution in [0.1, 0.15) is 25.5 Å². The topological polar surface area (TPSA) is 43.1 Å². The van der Waals surface area contributed by atoms with Gasteiger partial charge in [0.1, 0.15) is 12.3 Å². The third kappa shape index (κ3) is 2.04. The quantitative estimate of drug-likeness (QED) is 0.689. The van der Waals surface area contributed by atoms with E-state index in [-0.39, 0.29) is 5.82 Å². The molecule has 4 rings (SSSR count). The van der Waals surface area contributed by atoms with Crippen molar-refractivity contribution in [1.29, 1.82) is 0 Å². The lowest BCUT2D eigenvalue weighted by Crippen LogP contribution is -2.08. The van der Waals surface area contributed by atoms with E-state index in [1.807, 2.05) is 36.4 Å². The molecule has 1 aromatic heterocycles. The van der Waals surface area contributed by atoms with Crippen molar-refractivity contribution in [3.05, 3.63) is 76.3 Å². The number of nitrogens with zero attached hydrogens (tertiary/aromatic N) is 4. The Bertz CT molecular complexity index is 964. The smallest absolute Gasteiger partial charge is 0.159 e. The Morgan fingerprint density at radius 2 is 1.95 bits per heavy atom. The van der Waals surface area contributed by atoms with Crippen LogP contribution >= 0.6 is 11.6 Å². The van der Waals surface area contributed by atoms with E-state index in [9.17, 15) is 0 Å². The molecule has 2 heterocycles. The first kappa shape index (κ1) is 11.2. The molecule has 0 fully saturated rings. The number of hydrogen-bond donors (Lipinski definition) is 0. The van der Waals surface area contributed by atoms with Gasteiger partial charge in [0.25, 0.3) is 0 Å². The first-order valence-corrected chi connectivity index (χ1v) is 7.23. The van der Waals surface area contributed by atoms with Gasteiger partial charge in [0, 0.05) is 16.1 Å². The highest BCUT2D eigenvalue weighted by molar-refractivity contribution is 6.31. The molecule has 5 heteroatoms. The molecule has 0 spiro atoms. The Morgan fingerprint density at radius 1 is 1.14 bits per heavy atom. The second kappa shape index (κ2) is 5.07. The lowest BCUT2D eigenvalue weighted by molar-refractivity contribution is 0.862. The summed E-state index contributed by atoms with van der Waals surface area (Å²) >= 11 is 6.21. The van der Waals surface area contributed by atoms with Gasteiger partial charge in [0.15, 0.2) is 5.82 Å². The number of hydrogen-bond acceptors (Lipinski definition) is 3. The van der Waals surface area contributed by atoms with Crippen LogP contribution in [0.15, 0.2) is 53.5 Å². The lowest BCUT2D eigenvalue weighted by Gasteiger charge is -2.12. The van der Waals surface area contributed by atoms with Gasteiger partial charge < -0.3 is 0 Å². The average molecular weight is 311 g/mol. The minimum absolute atomic E-state index is 0.162. The molecule has 0 atom stereocenters. The number of fused-ring (bicyclic) bond motifs is 3. The normalized spacial score (nSPS) is 16.7. The molecule has 0 saturated carbocycles. The van der Waals surface area contributed by atoms with E-state index in [1.165, 1.54) is 0 Å². The van der Waals surface area contributed by atoms with E-state index in [0.717, 1.165) is 16.8 Å². The van der Waals surface area contributed by atoms with Gasteiger partial charge in [-0.2, -0.15) is 0 Å². The predicted molar refractivity (Wildman–Crippen MR) is 86.9 cm³/mol. The first-order chi connectivity index (χ1) is 11.5. The molecule has 1 aliphatic rings. The zero-order valence-electron chi connectivity index (χ0n) is 13.8. The van der Waals surface area contributed by atoms with Crippen molar-refractivity contribution in [3.63, 3.8) is 0 Å². The van der Waals surface area contributed by atoms with Crippen LogP contribution in [0.3, 0.4) is 0 Å². The monoisotopic (exact) mass is 310 g/mol. The van der Waals surface area contributed by atoms with Crippen LogP contribution in [0.25, 0.3) is 5.69 Å². The number of rotatable bonds is 1. The zero-order chi connectivity index (χ0) is 16.9. The maximum absolute atomic E-state index is 8.39.